The molecule has 2 saturated carbocycles. The molecule has 2 unspecified atom stereocenters. The zero-order chi connectivity index (χ0) is 8.98. The molecule has 3 heteroatoms. The molecule has 2 fully saturated rings. The first-order valence-electron chi connectivity index (χ1n) is 4.42. The molecule has 2 atom stereocenters. The Morgan fingerprint density at radius 3 is 2.58 bits per heavy atom. The highest BCUT2D eigenvalue weighted by Crippen LogP contribution is 2.59. The molecule has 68 valence electrons. The predicted molar refractivity (Wildman–Crippen MR) is 52.0 cm³/mol. The maximum atomic E-state index is 8.95. The van der Waals surface area contributed by atoms with Crippen LogP contribution in [0, 0.1) is 11.3 Å². The third-order valence-corrected chi connectivity index (χ3v) is 4.71. The Labute approximate surface area is 81.2 Å². The lowest BCUT2D eigenvalue weighted by molar-refractivity contribution is 0.286. The molecule has 0 aromatic carbocycles. The maximum absolute atomic E-state index is 8.95. The van der Waals surface area contributed by atoms with Crippen molar-refractivity contribution in [1.29, 1.82) is 0 Å². The molecule has 1 N–H and O–H groups in total. The van der Waals surface area contributed by atoms with Gasteiger partial charge in [-0.1, -0.05) is 34.9 Å². The Morgan fingerprint density at radius 1 is 1.58 bits per heavy atom. The molecule has 0 aliphatic heterocycles. The van der Waals surface area contributed by atoms with Crippen LogP contribution in [-0.2, 0) is 0 Å². The highest BCUT2D eigenvalue weighted by Gasteiger charge is 2.59. The van der Waals surface area contributed by atoms with E-state index >= 15 is 0 Å². The SMILES string of the molecule is CC1(C)C(=NO)C2(Br)CCC1C2. The van der Waals surface area contributed by atoms with Gasteiger partial charge in [-0.3, -0.25) is 0 Å². The van der Waals surface area contributed by atoms with Crippen molar-refractivity contribution in [2.75, 3.05) is 0 Å². The molecule has 0 aromatic heterocycles. The number of fused-ring (bicyclic) bond motifs is 2. The average Bonchev–Trinajstić information content (AvgIpc) is 2.39. The molecule has 12 heavy (non-hydrogen) atoms. The number of rotatable bonds is 0. The van der Waals surface area contributed by atoms with E-state index in [0.29, 0.717) is 5.92 Å². The zero-order valence-electron chi connectivity index (χ0n) is 7.47. The van der Waals surface area contributed by atoms with E-state index in [4.69, 9.17) is 5.21 Å². The summed E-state index contributed by atoms with van der Waals surface area (Å²) in [6.45, 7) is 4.35. The minimum absolute atomic E-state index is 0.0237. The van der Waals surface area contributed by atoms with Gasteiger partial charge in [-0.15, -0.1) is 0 Å². The summed E-state index contributed by atoms with van der Waals surface area (Å²) < 4.78 is 0.0237. The van der Waals surface area contributed by atoms with Gasteiger partial charge in [0.2, 0.25) is 0 Å². The van der Waals surface area contributed by atoms with E-state index in [1.807, 2.05) is 0 Å². The number of hydrogen-bond acceptors (Lipinski definition) is 2. The van der Waals surface area contributed by atoms with Crippen LogP contribution in [0.3, 0.4) is 0 Å². The van der Waals surface area contributed by atoms with Crippen molar-refractivity contribution in [1.82, 2.24) is 0 Å². The van der Waals surface area contributed by atoms with Gasteiger partial charge in [-0.25, -0.2) is 0 Å². The Balaban J connectivity index is 2.45. The van der Waals surface area contributed by atoms with Gasteiger partial charge in [-0.05, 0) is 25.2 Å². The number of nitrogens with zero attached hydrogens (tertiary/aromatic N) is 1. The van der Waals surface area contributed by atoms with Crippen LogP contribution in [0.5, 0.6) is 0 Å². The van der Waals surface area contributed by atoms with Crippen LogP contribution in [0.4, 0.5) is 0 Å². The highest BCUT2D eigenvalue weighted by atomic mass is 79.9. The molecule has 0 amide bonds. The number of halogens is 1. The summed E-state index contributed by atoms with van der Waals surface area (Å²) in [4.78, 5) is 0. The van der Waals surface area contributed by atoms with Gasteiger partial charge >= 0.3 is 0 Å². The van der Waals surface area contributed by atoms with Gasteiger partial charge in [0.15, 0.2) is 0 Å². The molecule has 2 rings (SSSR count). The third-order valence-electron chi connectivity index (χ3n) is 3.61. The number of hydrogen-bond donors (Lipinski definition) is 1. The van der Waals surface area contributed by atoms with Gasteiger partial charge in [0.1, 0.15) is 0 Å². The van der Waals surface area contributed by atoms with Gasteiger partial charge in [0.05, 0.1) is 10.0 Å². The predicted octanol–water partition coefficient (Wildman–Crippen LogP) is 2.79. The van der Waals surface area contributed by atoms with E-state index in [-0.39, 0.29) is 9.74 Å². The molecular weight excluding hydrogens is 218 g/mol. The zero-order valence-corrected chi connectivity index (χ0v) is 9.06. The number of oxime groups is 1. The highest BCUT2D eigenvalue weighted by molar-refractivity contribution is 9.10. The summed E-state index contributed by atoms with van der Waals surface area (Å²) in [6, 6.07) is 0. The first kappa shape index (κ1) is 8.54. The van der Waals surface area contributed by atoms with Crippen LogP contribution < -0.4 is 0 Å². The summed E-state index contributed by atoms with van der Waals surface area (Å²) in [5, 5.41) is 12.4. The maximum Gasteiger partial charge on any atom is 0.0796 e. The van der Waals surface area contributed by atoms with Crippen molar-refractivity contribution in [3.05, 3.63) is 0 Å². The molecule has 0 heterocycles. The van der Waals surface area contributed by atoms with Crippen molar-refractivity contribution in [2.24, 2.45) is 16.5 Å². The minimum atomic E-state index is 0.0237. The summed E-state index contributed by atoms with van der Waals surface area (Å²) in [7, 11) is 0. The van der Waals surface area contributed by atoms with Gasteiger partial charge in [0.25, 0.3) is 0 Å². The average molecular weight is 232 g/mol. The van der Waals surface area contributed by atoms with Crippen LogP contribution in [0.25, 0.3) is 0 Å². The van der Waals surface area contributed by atoms with Crippen molar-refractivity contribution >= 4 is 21.6 Å². The second-order valence-corrected chi connectivity index (χ2v) is 6.09. The van der Waals surface area contributed by atoms with E-state index in [0.717, 1.165) is 18.6 Å². The van der Waals surface area contributed by atoms with Crippen molar-refractivity contribution in [2.45, 2.75) is 37.4 Å². The van der Waals surface area contributed by atoms with Crippen LogP contribution in [-0.4, -0.2) is 15.2 Å². The largest absolute Gasteiger partial charge is 0.411 e. The fraction of sp³-hybridized carbons (Fsp3) is 0.889. The smallest absolute Gasteiger partial charge is 0.0796 e. The van der Waals surface area contributed by atoms with E-state index in [1.165, 1.54) is 6.42 Å². The van der Waals surface area contributed by atoms with E-state index in [1.54, 1.807) is 0 Å². The standard InChI is InChI=1S/C9H14BrNO/c1-8(2)6-3-4-9(10,5-6)7(8)11-12/h6,12H,3-5H2,1-2H3. The lowest BCUT2D eigenvalue weighted by Crippen LogP contribution is -2.37. The Hall–Kier alpha value is -0.0500. The molecule has 0 saturated heterocycles. The second kappa shape index (κ2) is 2.25. The first-order valence-corrected chi connectivity index (χ1v) is 5.22. The van der Waals surface area contributed by atoms with Gasteiger partial charge < -0.3 is 5.21 Å². The fourth-order valence-corrected chi connectivity index (χ4v) is 4.03. The lowest BCUT2D eigenvalue weighted by atomic mass is 9.75. The molecule has 2 aliphatic carbocycles. The van der Waals surface area contributed by atoms with Crippen LogP contribution in [0.2, 0.25) is 0 Å². The first-order chi connectivity index (χ1) is 5.50. The van der Waals surface area contributed by atoms with Crippen LogP contribution >= 0.6 is 15.9 Å². The van der Waals surface area contributed by atoms with Crippen molar-refractivity contribution < 1.29 is 5.21 Å². The van der Waals surface area contributed by atoms with Crippen molar-refractivity contribution in [3.8, 4) is 0 Å². The van der Waals surface area contributed by atoms with Crippen molar-refractivity contribution in [3.63, 3.8) is 0 Å². The van der Waals surface area contributed by atoms with Gasteiger partial charge in [-0.2, -0.15) is 0 Å². The quantitative estimate of drug-likeness (QED) is 0.388. The summed E-state index contributed by atoms with van der Waals surface area (Å²) in [5.74, 6) is 0.697. The van der Waals surface area contributed by atoms with E-state index in [2.05, 4.69) is 34.9 Å². The fourth-order valence-electron chi connectivity index (χ4n) is 2.82. The summed E-state index contributed by atoms with van der Waals surface area (Å²) in [6.07, 6.45) is 3.52. The molecule has 0 radical (unpaired) electrons. The number of alkyl halides is 1. The third kappa shape index (κ3) is 0.832. The summed E-state index contributed by atoms with van der Waals surface area (Å²) in [5.41, 5.74) is 1.04. The minimum Gasteiger partial charge on any atom is -0.411 e. The van der Waals surface area contributed by atoms with E-state index < -0.39 is 0 Å². The van der Waals surface area contributed by atoms with Crippen LogP contribution in [0.1, 0.15) is 33.1 Å². The lowest BCUT2D eigenvalue weighted by Gasteiger charge is -2.32. The molecule has 2 aliphatic rings. The van der Waals surface area contributed by atoms with Crippen LogP contribution in [0.15, 0.2) is 5.16 Å². The monoisotopic (exact) mass is 231 g/mol. The molecular formula is C9H14BrNO. The Kier molecular flexibility index (Phi) is 1.60. The topological polar surface area (TPSA) is 32.6 Å². The molecule has 0 spiro atoms. The van der Waals surface area contributed by atoms with E-state index in [9.17, 15) is 0 Å². The Bertz CT molecular complexity index is 242. The second-order valence-electron chi connectivity index (χ2n) is 4.58. The molecule has 2 nitrogen and oxygen atoms in total. The van der Waals surface area contributed by atoms with Gasteiger partial charge in [0, 0.05) is 5.41 Å². The normalized spacial score (nSPS) is 47.2. The summed E-state index contributed by atoms with van der Waals surface area (Å²) >= 11 is 3.70. The Morgan fingerprint density at radius 2 is 2.25 bits per heavy atom. The molecule has 2 bridgehead atoms. The molecule has 0 aromatic rings.